The predicted octanol–water partition coefficient (Wildman–Crippen LogP) is 2.23. The van der Waals surface area contributed by atoms with Crippen LogP contribution in [0.5, 0.6) is 0 Å². The molecule has 0 aliphatic carbocycles. The van der Waals surface area contributed by atoms with E-state index in [4.69, 9.17) is 10.5 Å². The number of nitrogens with zero attached hydrogens (tertiary/aromatic N) is 8. The van der Waals surface area contributed by atoms with Crippen LogP contribution >= 0.6 is 47.0 Å². The molecule has 0 N–H and O–H groups in total. The zero-order valence-electron chi connectivity index (χ0n) is 10.4. The number of hydrogen-bond acceptors (Lipinski definition) is 12. The van der Waals surface area contributed by atoms with E-state index in [1.165, 1.54) is 23.5 Å². The Hall–Kier alpha value is -2.12. The largest absolute Gasteiger partial charge is 0.224 e. The standard InChI is InChI=1S/C10H2N8S4/c11-1-5-6(2-12)16-10(20-8-4-14-22-18-8)9(15-5)19-7-3-13-21-17-7/h3-4H. The molecule has 3 heterocycles. The average molecular weight is 362 g/mol. The molecule has 0 fully saturated rings. The average Bonchev–Trinajstić information content (AvgIpc) is 3.22. The molecule has 3 rings (SSSR count). The van der Waals surface area contributed by atoms with Crippen LogP contribution in [0.15, 0.2) is 32.5 Å². The second-order valence-electron chi connectivity index (χ2n) is 3.45. The van der Waals surface area contributed by atoms with Crippen LogP contribution in [0.4, 0.5) is 0 Å². The summed E-state index contributed by atoms with van der Waals surface area (Å²) in [7, 11) is 0. The van der Waals surface area contributed by atoms with Crippen molar-refractivity contribution in [3.63, 3.8) is 0 Å². The van der Waals surface area contributed by atoms with E-state index >= 15 is 0 Å². The van der Waals surface area contributed by atoms with Gasteiger partial charge in [-0.15, -0.1) is 0 Å². The maximum absolute atomic E-state index is 9.08. The summed E-state index contributed by atoms with van der Waals surface area (Å²) in [5.74, 6) is 0. The summed E-state index contributed by atoms with van der Waals surface area (Å²) >= 11 is 4.60. The number of hydrogen-bond donors (Lipinski definition) is 0. The molecule has 22 heavy (non-hydrogen) atoms. The monoisotopic (exact) mass is 362 g/mol. The molecule has 0 saturated carbocycles. The highest BCUT2D eigenvalue weighted by atomic mass is 32.2. The molecular weight excluding hydrogens is 360 g/mol. The van der Waals surface area contributed by atoms with Crippen molar-refractivity contribution in [3.05, 3.63) is 23.8 Å². The highest BCUT2D eigenvalue weighted by Gasteiger charge is 2.17. The van der Waals surface area contributed by atoms with Gasteiger partial charge < -0.3 is 0 Å². The predicted molar refractivity (Wildman–Crippen MR) is 79.5 cm³/mol. The molecule has 0 atom stereocenters. The lowest BCUT2D eigenvalue weighted by atomic mass is 10.3. The Kier molecular flexibility index (Phi) is 4.55. The minimum absolute atomic E-state index is 0.0195. The minimum atomic E-state index is -0.0195. The zero-order chi connectivity index (χ0) is 15.4. The number of rotatable bonds is 4. The molecule has 0 unspecified atom stereocenters. The Bertz CT molecular complexity index is 788. The van der Waals surface area contributed by atoms with Crippen LogP contribution < -0.4 is 0 Å². The van der Waals surface area contributed by atoms with Gasteiger partial charge in [0.1, 0.15) is 32.2 Å². The van der Waals surface area contributed by atoms with Crippen LogP contribution in [0.1, 0.15) is 11.4 Å². The van der Waals surface area contributed by atoms with E-state index in [0.717, 1.165) is 23.5 Å². The third-order valence-corrected chi connectivity index (χ3v) is 5.21. The Labute approximate surface area is 140 Å². The van der Waals surface area contributed by atoms with E-state index in [1.807, 2.05) is 12.1 Å². The normalized spacial score (nSPS) is 10.1. The van der Waals surface area contributed by atoms with Gasteiger partial charge in [-0.1, -0.05) is 0 Å². The van der Waals surface area contributed by atoms with Crippen LogP contribution in [0.3, 0.4) is 0 Å². The van der Waals surface area contributed by atoms with E-state index in [9.17, 15) is 0 Å². The molecule has 0 amide bonds. The van der Waals surface area contributed by atoms with Crippen molar-refractivity contribution in [2.45, 2.75) is 20.1 Å². The lowest BCUT2D eigenvalue weighted by molar-refractivity contribution is 0.890. The van der Waals surface area contributed by atoms with Crippen molar-refractivity contribution >= 4 is 47.0 Å². The molecule has 0 radical (unpaired) electrons. The summed E-state index contributed by atoms with van der Waals surface area (Å²) in [6, 6.07) is 3.75. The molecule has 0 saturated heterocycles. The van der Waals surface area contributed by atoms with Crippen molar-refractivity contribution < 1.29 is 0 Å². The van der Waals surface area contributed by atoms with Gasteiger partial charge in [0.05, 0.1) is 35.9 Å². The third kappa shape index (κ3) is 3.20. The van der Waals surface area contributed by atoms with Gasteiger partial charge in [-0.3, -0.25) is 0 Å². The van der Waals surface area contributed by atoms with E-state index in [2.05, 4.69) is 27.5 Å². The topological polar surface area (TPSA) is 125 Å². The van der Waals surface area contributed by atoms with Crippen molar-refractivity contribution in [1.82, 2.24) is 27.5 Å². The number of aromatic nitrogens is 6. The van der Waals surface area contributed by atoms with Crippen LogP contribution in [-0.4, -0.2) is 27.5 Å². The van der Waals surface area contributed by atoms with E-state index < -0.39 is 0 Å². The van der Waals surface area contributed by atoms with Gasteiger partial charge in [0.15, 0.2) is 11.4 Å². The summed E-state index contributed by atoms with van der Waals surface area (Å²) in [4.78, 5) is 8.41. The first-order chi connectivity index (χ1) is 10.8. The molecular formula is C10H2N8S4. The van der Waals surface area contributed by atoms with Gasteiger partial charge in [0.2, 0.25) is 0 Å². The first-order valence-corrected chi connectivity index (χ1v) is 8.52. The third-order valence-electron chi connectivity index (χ3n) is 2.13. The molecule has 106 valence electrons. The van der Waals surface area contributed by atoms with E-state index in [1.54, 1.807) is 12.4 Å². The Morgan fingerprint density at radius 2 is 1.27 bits per heavy atom. The maximum Gasteiger partial charge on any atom is 0.178 e. The molecule has 8 nitrogen and oxygen atoms in total. The minimum Gasteiger partial charge on any atom is -0.224 e. The first kappa shape index (κ1) is 14.8. The van der Waals surface area contributed by atoms with E-state index in [-0.39, 0.29) is 11.4 Å². The summed E-state index contributed by atoms with van der Waals surface area (Å²) in [6.45, 7) is 0. The fourth-order valence-electron chi connectivity index (χ4n) is 1.29. The summed E-state index contributed by atoms with van der Waals surface area (Å²) in [5.41, 5.74) is -0.0390. The Morgan fingerprint density at radius 3 is 1.59 bits per heavy atom. The second kappa shape index (κ2) is 6.76. The second-order valence-corrected chi connectivity index (χ2v) is 6.58. The smallest absolute Gasteiger partial charge is 0.178 e. The summed E-state index contributed by atoms with van der Waals surface area (Å²) < 4.78 is 16.0. The van der Waals surface area contributed by atoms with Gasteiger partial charge in [0.25, 0.3) is 0 Å². The molecule has 0 spiro atoms. The van der Waals surface area contributed by atoms with Crippen molar-refractivity contribution in [3.8, 4) is 12.1 Å². The van der Waals surface area contributed by atoms with Crippen molar-refractivity contribution in [2.24, 2.45) is 0 Å². The number of nitriles is 2. The Balaban J connectivity index is 2.04. The molecule has 0 aromatic carbocycles. The van der Waals surface area contributed by atoms with Gasteiger partial charge in [-0.05, 0) is 23.5 Å². The van der Waals surface area contributed by atoms with E-state index in [0.29, 0.717) is 20.1 Å². The van der Waals surface area contributed by atoms with Gasteiger partial charge in [0, 0.05) is 0 Å². The lowest BCUT2D eigenvalue weighted by Gasteiger charge is -2.05. The summed E-state index contributed by atoms with van der Waals surface area (Å²) in [6.07, 6.45) is 3.19. The van der Waals surface area contributed by atoms with Gasteiger partial charge in [-0.2, -0.15) is 28.0 Å². The van der Waals surface area contributed by atoms with Gasteiger partial charge >= 0.3 is 0 Å². The molecule has 0 aliphatic rings. The molecule has 3 aromatic rings. The molecule has 3 aromatic heterocycles. The SMILES string of the molecule is N#Cc1nc(Sc2cnsn2)c(Sc2cnsn2)nc1C#N. The lowest BCUT2D eigenvalue weighted by Crippen LogP contribution is -1.99. The maximum atomic E-state index is 9.08. The molecule has 0 aliphatic heterocycles. The summed E-state index contributed by atoms with van der Waals surface area (Å²) in [5, 5.41) is 20.4. The fraction of sp³-hybridized carbons (Fsp3) is 0. The van der Waals surface area contributed by atoms with Crippen LogP contribution in [0.25, 0.3) is 0 Å². The molecule has 12 heteroatoms. The highest BCUT2D eigenvalue weighted by Crippen LogP contribution is 2.35. The quantitative estimate of drug-likeness (QED) is 0.682. The van der Waals surface area contributed by atoms with Crippen LogP contribution in [0, 0.1) is 22.7 Å². The molecule has 0 bridgehead atoms. The van der Waals surface area contributed by atoms with Crippen molar-refractivity contribution in [2.75, 3.05) is 0 Å². The van der Waals surface area contributed by atoms with Gasteiger partial charge in [-0.25, -0.2) is 9.97 Å². The highest BCUT2D eigenvalue weighted by molar-refractivity contribution is 8.02. The Morgan fingerprint density at radius 1 is 0.818 bits per heavy atom. The first-order valence-electron chi connectivity index (χ1n) is 5.43. The fourth-order valence-corrected chi connectivity index (χ4v) is 3.97. The van der Waals surface area contributed by atoms with Crippen LogP contribution in [0.2, 0.25) is 0 Å². The van der Waals surface area contributed by atoms with Crippen molar-refractivity contribution in [1.29, 1.82) is 10.5 Å². The van der Waals surface area contributed by atoms with Crippen LogP contribution in [-0.2, 0) is 0 Å². The zero-order valence-corrected chi connectivity index (χ0v) is 13.6.